The number of likely N-dealkylation sites (tertiary alicyclic amines) is 1. The third kappa shape index (κ3) is 5.73. The van der Waals surface area contributed by atoms with E-state index < -0.39 is 28.6 Å². The summed E-state index contributed by atoms with van der Waals surface area (Å²) < 4.78 is 28.4. The van der Waals surface area contributed by atoms with Gasteiger partial charge in [0.05, 0.1) is 11.5 Å². The van der Waals surface area contributed by atoms with Crippen LogP contribution in [0.25, 0.3) is 10.8 Å². The van der Waals surface area contributed by atoms with Crippen LogP contribution < -0.4 is 15.8 Å². The van der Waals surface area contributed by atoms with Crippen molar-refractivity contribution in [3.05, 3.63) is 77.9 Å². The van der Waals surface area contributed by atoms with Crippen LogP contribution in [0.1, 0.15) is 28.8 Å². The number of sulfonamides is 1. The maximum absolute atomic E-state index is 13.2. The van der Waals surface area contributed by atoms with Gasteiger partial charge in [0.1, 0.15) is 6.04 Å². The summed E-state index contributed by atoms with van der Waals surface area (Å²) in [6.07, 6.45) is 1.38. The molecule has 0 aromatic heterocycles. The first kappa shape index (κ1) is 25.8. The highest BCUT2D eigenvalue weighted by molar-refractivity contribution is 7.89. The number of rotatable bonds is 9. The Morgan fingerprint density at radius 2 is 1.78 bits per heavy atom. The van der Waals surface area contributed by atoms with Crippen molar-refractivity contribution in [1.29, 1.82) is 0 Å². The first-order valence-corrected chi connectivity index (χ1v) is 13.3. The number of nitrogens with one attached hydrogen (secondary N) is 2. The number of hydrogen-bond donors (Lipinski definition) is 4. The van der Waals surface area contributed by atoms with Gasteiger partial charge in [-0.25, -0.2) is 8.42 Å². The molecule has 0 radical (unpaired) electrons. The number of carbonyl (C=O) groups excluding carboxylic acids is 2. The monoisotopic (exact) mass is 510 g/mol. The van der Waals surface area contributed by atoms with Gasteiger partial charge in [-0.15, -0.1) is 0 Å². The van der Waals surface area contributed by atoms with Crippen molar-refractivity contribution >= 4 is 32.6 Å². The molecular weight excluding hydrogens is 480 g/mol. The van der Waals surface area contributed by atoms with E-state index in [2.05, 4.69) is 10.0 Å². The molecule has 5 N–H and O–H groups in total. The van der Waals surface area contributed by atoms with Crippen LogP contribution in [0.4, 0.5) is 0 Å². The van der Waals surface area contributed by atoms with Gasteiger partial charge in [-0.2, -0.15) is 4.72 Å². The third-order valence-corrected chi connectivity index (χ3v) is 7.89. The van der Waals surface area contributed by atoms with E-state index in [1.54, 1.807) is 36.4 Å². The van der Waals surface area contributed by atoms with Crippen LogP contribution in [0.5, 0.6) is 0 Å². The summed E-state index contributed by atoms with van der Waals surface area (Å²) in [5.41, 5.74) is 6.99. The maximum atomic E-state index is 13.2. The molecule has 3 aromatic carbocycles. The van der Waals surface area contributed by atoms with Gasteiger partial charge >= 0.3 is 0 Å². The number of benzene rings is 3. The largest absolute Gasteiger partial charge is 0.394 e. The zero-order chi connectivity index (χ0) is 25.7. The van der Waals surface area contributed by atoms with E-state index >= 15 is 0 Å². The summed E-state index contributed by atoms with van der Waals surface area (Å²) in [5, 5.41) is 14.4. The fourth-order valence-corrected chi connectivity index (χ4v) is 5.61. The first-order chi connectivity index (χ1) is 17.3. The van der Waals surface area contributed by atoms with E-state index in [1.165, 1.54) is 17.0 Å². The Kier molecular flexibility index (Phi) is 8.00. The normalized spacial score (nSPS) is 16.7. The van der Waals surface area contributed by atoms with Gasteiger partial charge in [-0.3, -0.25) is 9.59 Å². The zero-order valence-corrected chi connectivity index (χ0v) is 20.6. The van der Waals surface area contributed by atoms with Crippen molar-refractivity contribution in [2.24, 2.45) is 5.73 Å². The number of hydrogen-bond acceptors (Lipinski definition) is 6. The Bertz CT molecular complexity index is 1340. The molecule has 0 saturated carbocycles. The fraction of sp³-hybridized carbons (Fsp3) is 0.308. The van der Waals surface area contributed by atoms with Crippen molar-refractivity contribution in [3.8, 4) is 0 Å². The minimum Gasteiger partial charge on any atom is -0.394 e. The molecule has 9 nitrogen and oxygen atoms in total. The van der Waals surface area contributed by atoms with Crippen LogP contribution in [-0.2, 0) is 21.4 Å². The topological polar surface area (TPSA) is 142 Å². The molecular formula is C26H30N4O5S. The summed E-state index contributed by atoms with van der Waals surface area (Å²) in [5.74, 6) is -0.792. The highest BCUT2D eigenvalue weighted by atomic mass is 32.2. The summed E-state index contributed by atoms with van der Waals surface area (Å²) >= 11 is 0. The van der Waals surface area contributed by atoms with Gasteiger partial charge in [-0.1, -0.05) is 42.5 Å². The van der Waals surface area contributed by atoms with Crippen LogP contribution >= 0.6 is 0 Å². The number of amides is 2. The second-order valence-electron chi connectivity index (χ2n) is 8.80. The molecule has 1 aliphatic heterocycles. The highest BCUT2D eigenvalue weighted by Gasteiger charge is 2.35. The summed E-state index contributed by atoms with van der Waals surface area (Å²) in [6, 6.07) is 17.4. The lowest BCUT2D eigenvalue weighted by Crippen LogP contribution is -2.53. The zero-order valence-electron chi connectivity index (χ0n) is 19.8. The lowest BCUT2D eigenvalue weighted by atomic mass is 10.1. The third-order valence-electron chi connectivity index (χ3n) is 6.42. The maximum Gasteiger partial charge on any atom is 0.251 e. The number of nitrogens with zero attached hydrogens (tertiary/aromatic N) is 1. The van der Waals surface area contributed by atoms with Crippen LogP contribution in [0.3, 0.4) is 0 Å². The van der Waals surface area contributed by atoms with Crippen molar-refractivity contribution < 1.29 is 23.1 Å². The molecule has 0 spiro atoms. The Balaban J connectivity index is 1.41. The molecule has 1 aliphatic rings. The first-order valence-electron chi connectivity index (χ1n) is 11.8. The average molecular weight is 511 g/mol. The van der Waals surface area contributed by atoms with Crippen molar-refractivity contribution in [2.75, 3.05) is 19.7 Å². The molecule has 4 rings (SSSR count). The van der Waals surface area contributed by atoms with E-state index in [0.29, 0.717) is 31.5 Å². The smallest absolute Gasteiger partial charge is 0.251 e. The van der Waals surface area contributed by atoms with Crippen LogP contribution in [-0.4, -0.2) is 62.0 Å². The van der Waals surface area contributed by atoms with Gasteiger partial charge < -0.3 is 21.1 Å². The molecule has 0 unspecified atom stereocenters. The number of nitrogens with two attached hydrogens (primary N) is 1. The molecule has 0 aliphatic carbocycles. The standard InChI is InChI=1S/C26H30N4O5S/c27-15-18-7-9-20(10-8-18)25(32)28-16-22-6-3-13-30(22)26(33)24(17-31)29-36(34,35)23-12-11-19-4-1-2-5-21(19)14-23/h1-2,4-5,7-12,14,22,24,29,31H,3,6,13,15-17,27H2,(H,28,32)/t22-,24+/m0/s1. The van der Waals surface area contributed by atoms with Crippen LogP contribution in [0.2, 0.25) is 0 Å². The number of carbonyl (C=O) groups is 2. The van der Waals surface area contributed by atoms with Crippen LogP contribution in [0.15, 0.2) is 71.6 Å². The van der Waals surface area contributed by atoms with Gasteiger partial charge in [-0.05, 0) is 53.4 Å². The number of aliphatic hydroxyl groups is 1. The van der Waals surface area contributed by atoms with Crippen molar-refractivity contribution in [2.45, 2.75) is 36.4 Å². The van der Waals surface area contributed by atoms with Crippen molar-refractivity contribution in [1.82, 2.24) is 14.9 Å². The lowest BCUT2D eigenvalue weighted by molar-refractivity contribution is -0.134. The molecule has 2 amide bonds. The molecule has 190 valence electrons. The summed E-state index contributed by atoms with van der Waals surface area (Å²) in [7, 11) is -4.06. The lowest BCUT2D eigenvalue weighted by Gasteiger charge is -2.28. The van der Waals surface area contributed by atoms with Crippen molar-refractivity contribution in [3.63, 3.8) is 0 Å². The second kappa shape index (κ2) is 11.2. The quantitative estimate of drug-likeness (QED) is 0.342. The predicted octanol–water partition coefficient (Wildman–Crippen LogP) is 1.36. The van der Waals surface area contributed by atoms with Crippen LogP contribution in [0, 0.1) is 0 Å². The fourth-order valence-electron chi connectivity index (χ4n) is 4.40. The molecule has 3 aromatic rings. The van der Waals surface area contributed by atoms with E-state index in [1.807, 2.05) is 18.2 Å². The number of fused-ring (bicyclic) bond motifs is 1. The Labute approximate surface area is 210 Å². The molecule has 1 heterocycles. The SMILES string of the molecule is NCc1ccc(C(=O)NC[C@@H]2CCCN2C(=O)[C@@H](CO)NS(=O)(=O)c2ccc3ccccc3c2)cc1. The van der Waals surface area contributed by atoms with Gasteiger partial charge in [0.15, 0.2) is 0 Å². The second-order valence-corrected chi connectivity index (χ2v) is 10.5. The van der Waals surface area contributed by atoms with E-state index in [9.17, 15) is 23.1 Å². The molecule has 10 heteroatoms. The molecule has 0 bridgehead atoms. The molecule has 1 fully saturated rings. The summed E-state index contributed by atoms with van der Waals surface area (Å²) in [4.78, 5) is 27.3. The Hall–Kier alpha value is -3.31. The van der Waals surface area contributed by atoms with Gasteiger partial charge in [0.25, 0.3) is 5.91 Å². The Morgan fingerprint density at radius 1 is 1.06 bits per heavy atom. The molecule has 36 heavy (non-hydrogen) atoms. The number of aliphatic hydroxyl groups excluding tert-OH is 1. The average Bonchev–Trinajstić information content (AvgIpc) is 3.38. The van der Waals surface area contributed by atoms with E-state index in [0.717, 1.165) is 16.3 Å². The highest BCUT2D eigenvalue weighted by Crippen LogP contribution is 2.21. The molecule has 1 saturated heterocycles. The van der Waals surface area contributed by atoms with E-state index in [-0.39, 0.29) is 23.4 Å². The predicted molar refractivity (Wildman–Crippen MR) is 137 cm³/mol. The minimum absolute atomic E-state index is 0.0124. The Morgan fingerprint density at radius 3 is 2.47 bits per heavy atom. The minimum atomic E-state index is -4.06. The van der Waals surface area contributed by atoms with Gasteiger partial charge in [0, 0.05) is 31.2 Å². The van der Waals surface area contributed by atoms with Gasteiger partial charge in [0.2, 0.25) is 15.9 Å². The summed E-state index contributed by atoms with van der Waals surface area (Å²) in [6.45, 7) is 0.337. The van der Waals surface area contributed by atoms with E-state index in [4.69, 9.17) is 5.73 Å². The molecule has 2 atom stereocenters.